The Morgan fingerprint density at radius 1 is 1.31 bits per heavy atom. The van der Waals surface area contributed by atoms with Crippen LogP contribution in [0.1, 0.15) is 42.7 Å². The molecular formula is C12H18N2O2. The largest absolute Gasteiger partial charge is 0.445 e. The highest BCUT2D eigenvalue weighted by molar-refractivity contribution is 5.06. The molecule has 4 nitrogen and oxygen atoms in total. The topological polar surface area (TPSA) is 47.3 Å². The van der Waals surface area contributed by atoms with Crippen LogP contribution in [0.3, 0.4) is 0 Å². The first-order valence-corrected chi connectivity index (χ1v) is 6.17. The van der Waals surface area contributed by atoms with Crippen molar-refractivity contribution < 1.29 is 9.15 Å². The fourth-order valence-corrected chi connectivity index (χ4v) is 2.51. The third-order valence-electron chi connectivity index (χ3n) is 3.51. The van der Waals surface area contributed by atoms with Gasteiger partial charge in [-0.2, -0.15) is 0 Å². The number of hydrogen-bond acceptors (Lipinski definition) is 4. The molecule has 3 heterocycles. The second-order valence-corrected chi connectivity index (χ2v) is 4.70. The summed E-state index contributed by atoms with van der Waals surface area (Å²) in [4.78, 5) is 4.41. The van der Waals surface area contributed by atoms with Crippen LogP contribution in [0.2, 0.25) is 0 Å². The molecule has 0 saturated carbocycles. The van der Waals surface area contributed by atoms with Gasteiger partial charge in [0.2, 0.25) is 0 Å². The zero-order chi connectivity index (χ0) is 10.8. The number of nitrogens with one attached hydrogen (secondary N) is 1. The van der Waals surface area contributed by atoms with Crippen LogP contribution in [-0.4, -0.2) is 31.3 Å². The summed E-state index contributed by atoms with van der Waals surface area (Å²) in [6.07, 6.45) is 5.33. The van der Waals surface area contributed by atoms with Crippen molar-refractivity contribution in [3.8, 4) is 0 Å². The average molecular weight is 222 g/mol. The van der Waals surface area contributed by atoms with E-state index >= 15 is 0 Å². The van der Waals surface area contributed by atoms with Gasteiger partial charge in [-0.25, -0.2) is 4.98 Å². The van der Waals surface area contributed by atoms with Crippen molar-refractivity contribution in [2.75, 3.05) is 26.3 Å². The zero-order valence-corrected chi connectivity index (χ0v) is 9.45. The maximum absolute atomic E-state index is 5.88. The summed E-state index contributed by atoms with van der Waals surface area (Å²) in [6, 6.07) is 0. The van der Waals surface area contributed by atoms with Crippen LogP contribution in [0.5, 0.6) is 0 Å². The third kappa shape index (κ3) is 1.99. The van der Waals surface area contributed by atoms with Gasteiger partial charge in [0.1, 0.15) is 5.76 Å². The predicted molar refractivity (Wildman–Crippen MR) is 59.5 cm³/mol. The number of aromatic nitrogens is 1. The first-order chi connectivity index (χ1) is 7.93. The van der Waals surface area contributed by atoms with E-state index in [2.05, 4.69) is 10.3 Å². The minimum Gasteiger partial charge on any atom is -0.445 e. The molecule has 16 heavy (non-hydrogen) atoms. The van der Waals surface area contributed by atoms with Crippen molar-refractivity contribution in [3.63, 3.8) is 0 Å². The number of oxazole rings is 1. The number of nitrogens with zero attached hydrogens (tertiary/aromatic N) is 1. The van der Waals surface area contributed by atoms with Gasteiger partial charge in [0.25, 0.3) is 0 Å². The molecule has 0 aliphatic carbocycles. The highest BCUT2D eigenvalue weighted by Gasteiger charge is 2.24. The Kier molecular flexibility index (Phi) is 2.93. The first kappa shape index (κ1) is 10.3. The van der Waals surface area contributed by atoms with Crippen LogP contribution in [0.4, 0.5) is 0 Å². The maximum Gasteiger partial charge on any atom is 0.198 e. The van der Waals surface area contributed by atoms with E-state index in [4.69, 9.17) is 9.15 Å². The number of hydrogen-bond donors (Lipinski definition) is 1. The molecule has 3 rings (SSSR count). The molecule has 1 aromatic rings. The Morgan fingerprint density at radius 3 is 3.06 bits per heavy atom. The summed E-state index contributed by atoms with van der Waals surface area (Å²) in [6.45, 7) is 3.76. The van der Waals surface area contributed by atoms with Gasteiger partial charge in [-0.05, 0) is 25.8 Å². The van der Waals surface area contributed by atoms with Crippen molar-refractivity contribution >= 4 is 0 Å². The summed E-state index contributed by atoms with van der Waals surface area (Å²) in [5.74, 6) is 2.81. The van der Waals surface area contributed by atoms with Crippen LogP contribution in [0.25, 0.3) is 0 Å². The molecule has 1 N–H and O–H groups in total. The van der Waals surface area contributed by atoms with Crippen LogP contribution in [-0.2, 0) is 4.74 Å². The van der Waals surface area contributed by atoms with Gasteiger partial charge < -0.3 is 14.5 Å². The van der Waals surface area contributed by atoms with E-state index in [0.717, 1.165) is 57.2 Å². The number of ether oxygens (including phenoxy) is 1. The van der Waals surface area contributed by atoms with E-state index in [0.29, 0.717) is 11.8 Å². The third-order valence-corrected chi connectivity index (χ3v) is 3.51. The maximum atomic E-state index is 5.88. The molecule has 0 bridgehead atoms. The van der Waals surface area contributed by atoms with Crippen molar-refractivity contribution in [1.29, 1.82) is 0 Å². The summed E-state index contributed by atoms with van der Waals surface area (Å²) in [7, 11) is 0. The van der Waals surface area contributed by atoms with Crippen molar-refractivity contribution in [3.05, 3.63) is 17.8 Å². The molecule has 0 radical (unpaired) electrons. The molecule has 2 aliphatic rings. The minimum atomic E-state index is 0.421. The van der Waals surface area contributed by atoms with Crippen LogP contribution < -0.4 is 5.32 Å². The minimum absolute atomic E-state index is 0.421. The van der Waals surface area contributed by atoms with Gasteiger partial charge in [0.05, 0.1) is 12.8 Å². The van der Waals surface area contributed by atoms with Crippen molar-refractivity contribution in [2.45, 2.75) is 31.1 Å². The molecule has 1 aromatic heterocycles. The summed E-state index contributed by atoms with van der Waals surface area (Å²) >= 11 is 0. The highest BCUT2D eigenvalue weighted by atomic mass is 16.5. The van der Waals surface area contributed by atoms with E-state index in [9.17, 15) is 0 Å². The van der Waals surface area contributed by atoms with Gasteiger partial charge >= 0.3 is 0 Å². The predicted octanol–water partition coefficient (Wildman–Crippen LogP) is 1.65. The van der Waals surface area contributed by atoms with Gasteiger partial charge in [-0.1, -0.05) is 0 Å². The highest BCUT2D eigenvalue weighted by Crippen LogP contribution is 2.29. The van der Waals surface area contributed by atoms with Gasteiger partial charge in [-0.3, -0.25) is 0 Å². The molecule has 2 unspecified atom stereocenters. The van der Waals surface area contributed by atoms with Crippen LogP contribution in [0.15, 0.2) is 10.6 Å². The molecule has 88 valence electrons. The lowest BCUT2D eigenvalue weighted by Gasteiger charge is -2.19. The lowest BCUT2D eigenvalue weighted by molar-refractivity contribution is 0.0737. The van der Waals surface area contributed by atoms with E-state index in [1.807, 2.05) is 6.20 Å². The van der Waals surface area contributed by atoms with Gasteiger partial charge in [0, 0.05) is 25.0 Å². The Balaban J connectivity index is 1.71. The van der Waals surface area contributed by atoms with E-state index in [1.54, 1.807) is 0 Å². The zero-order valence-electron chi connectivity index (χ0n) is 9.45. The SMILES string of the molecule is c1nc(C2CCNC2)oc1C1CCCOC1. The lowest BCUT2D eigenvalue weighted by atomic mass is 10.0. The standard InChI is InChI=1S/C12H18N2O2/c1-2-10(8-15-5-1)11-7-14-12(16-11)9-3-4-13-6-9/h7,9-10,13H,1-6,8H2. The summed E-state index contributed by atoms with van der Waals surface area (Å²) < 4.78 is 11.3. The molecule has 4 heteroatoms. The molecule has 2 atom stereocenters. The molecule has 2 fully saturated rings. The number of rotatable bonds is 2. The Labute approximate surface area is 95.4 Å². The summed E-state index contributed by atoms with van der Waals surface area (Å²) in [5.41, 5.74) is 0. The van der Waals surface area contributed by atoms with Crippen molar-refractivity contribution in [1.82, 2.24) is 10.3 Å². The van der Waals surface area contributed by atoms with E-state index in [1.165, 1.54) is 0 Å². The van der Waals surface area contributed by atoms with E-state index in [-0.39, 0.29) is 0 Å². The Morgan fingerprint density at radius 2 is 2.31 bits per heavy atom. The van der Waals surface area contributed by atoms with Crippen LogP contribution >= 0.6 is 0 Å². The Hall–Kier alpha value is -0.870. The van der Waals surface area contributed by atoms with Gasteiger partial charge in [-0.15, -0.1) is 0 Å². The second kappa shape index (κ2) is 4.55. The van der Waals surface area contributed by atoms with Crippen LogP contribution in [0, 0.1) is 0 Å². The summed E-state index contributed by atoms with van der Waals surface area (Å²) in [5, 5.41) is 3.33. The normalized spacial score (nSPS) is 30.8. The van der Waals surface area contributed by atoms with Crippen molar-refractivity contribution in [2.24, 2.45) is 0 Å². The molecule has 0 aromatic carbocycles. The molecule has 2 saturated heterocycles. The average Bonchev–Trinajstić information content (AvgIpc) is 3.01. The monoisotopic (exact) mass is 222 g/mol. The molecular weight excluding hydrogens is 204 g/mol. The lowest BCUT2D eigenvalue weighted by Crippen LogP contribution is -2.14. The second-order valence-electron chi connectivity index (χ2n) is 4.70. The van der Waals surface area contributed by atoms with Gasteiger partial charge in [0.15, 0.2) is 5.89 Å². The fourth-order valence-electron chi connectivity index (χ4n) is 2.51. The molecule has 0 amide bonds. The smallest absolute Gasteiger partial charge is 0.198 e. The molecule has 2 aliphatic heterocycles. The fraction of sp³-hybridized carbons (Fsp3) is 0.750. The quantitative estimate of drug-likeness (QED) is 0.826. The first-order valence-electron chi connectivity index (χ1n) is 6.17. The Bertz CT molecular complexity index is 339. The van der Waals surface area contributed by atoms with E-state index < -0.39 is 0 Å². The molecule has 0 spiro atoms.